The number of sulfonamides is 1. The summed E-state index contributed by atoms with van der Waals surface area (Å²) in [6, 6.07) is 6.37. The minimum atomic E-state index is -3.80. The predicted molar refractivity (Wildman–Crippen MR) is 88.3 cm³/mol. The Hall–Kier alpha value is -2.25. The highest BCUT2D eigenvalue weighted by atomic mass is 32.2. The Morgan fingerprint density at radius 1 is 1.25 bits per heavy atom. The van der Waals surface area contributed by atoms with Gasteiger partial charge in [-0.2, -0.15) is 0 Å². The number of aromatic carboxylic acids is 1. The minimum Gasteiger partial charge on any atom is -0.478 e. The molecule has 0 bridgehead atoms. The molecule has 0 fully saturated rings. The van der Waals surface area contributed by atoms with Crippen molar-refractivity contribution in [1.82, 2.24) is 9.71 Å². The highest BCUT2D eigenvalue weighted by Gasteiger charge is 2.25. The number of nitrogens with zero attached hydrogens (tertiary/aromatic N) is 1. The molecule has 3 rings (SSSR count). The van der Waals surface area contributed by atoms with Gasteiger partial charge in [-0.3, -0.25) is 4.98 Å². The Morgan fingerprint density at radius 2 is 2.04 bits per heavy atom. The standard InChI is InChI=1S/C17H18N2O4S/c20-17(21)14-8-13-5-1-2-6-15(13)16(9-14)24(22,23)19-11-12-4-3-7-18-10-12/h3-4,7-10,19H,1-2,5-6,11H2,(H,20,21). The molecule has 2 N–H and O–H groups in total. The molecule has 1 aromatic heterocycles. The molecule has 126 valence electrons. The van der Waals surface area contributed by atoms with E-state index in [1.54, 1.807) is 30.6 Å². The van der Waals surface area contributed by atoms with Gasteiger partial charge in [0, 0.05) is 18.9 Å². The fourth-order valence-corrected chi connectivity index (χ4v) is 4.30. The van der Waals surface area contributed by atoms with Crippen molar-refractivity contribution in [2.75, 3.05) is 0 Å². The summed E-state index contributed by atoms with van der Waals surface area (Å²) in [7, 11) is -3.80. The maximum Gasteiger partial charge on any atom is 0.335 e. The second-order valence-electron chi connectivity index (χ2n) is 5.81. The van der Waals surface area contributed by atoms with Crippen molar-refractivity contribution in [1.29, 1.82) is 0 Å². The second kappa shape index (κ2) is 6.70. The Labute approximate surface area is 140 Å². The third kappa shape index (κ3) is 3.47. The summed E-state index contributed by atoms with van der Waals surface area (Å²) < 4.78 is 28.0. The van der Waals surface area contributed by atoms with E-state index in [9.17, 15) is 18.3 Å². The quantitative estimate of drug-likeness (QED) is 0.864. The van der Waals surface area contributed by atoms with Gasteiger partial charge in [-0.15, -0.1) is 0 Å². The van der Waals surface area contributed by atoms with Crippen molar-refractivity contribution in [3.63, 3.8) is 0 Å². The van der Waals surface area contributed by atoms with Gasteiger partial charge in [0.05, 0.1) is 10.5 Å². The molecule has 0 atom stereocenters. The van der Waals surface area contributed by atoms with E-state index in [1.165, 1.54) is 6.07 Å². The first-order valence-corrected chi connectivity index (χ1v) is 9.23. The SMILES string of the molecule is O=C(O)c1cc2c(c(S(=O)(=O)NCc3cccnc3)c1)CCCC2. The zero-order chi connectivity index (χ0) is 17.2. The summed E-state index contributed by atoms with van der Waals surface area (Å²) in [6.45, 7) is 0.113. The Morgan fingerprint density at radius 3 is 2.75 bits per heavy atom. The first kappa shape index (κ1) is 16.6. The van der Waals surface area contributed by atoms with E-state index >= 15 is 0 Å². The van der Waals surface area contributed by atoms with Gasteiger partial charge in [0.15, 0.2) is 0 Å². The molecule has 1 aliphatic carbocycles. The molecule has 0 spiro atoms. The second-order valence-corrected chi connectivity index (χ2v) is 7.55. The van der Waals surface area contributed by atoms with E-state index in [2.05, 4.69) is 9.71 Å². The summed E-state index contributed by atoms with van der Waals surface area (Å²) in [5.74, 6) is -1.12. The maximum absolute atomic E-state index is 12.7. The number of hydrogen-bond acceptors (Lipinski definition) is 4. The molecule has 7 heteroatoms. The number of fused-ring (bicyclic) bond motifs is 1. The molecular formula is C17H18N2O4S. The monoisotopic (exact) mass is 346 g/mol. The molecule has 0 saturated heterocycles. The molecule has 0 amide bonds. The molecule has 0 saturated carbocycles. The van der Waals surface area contributed by atoms with Gasteiger partial charge in [0.25, 0.3) is 0 Å². The van der Waals surface area contributed by atoms with E-state index in [-0.39, 0.29) is 17.0 Å². The largest absolute Gasteiger partial charge is 0.478 e. The van der Waals surface area contributed by atoms with Gasteiger partial charge < -0.3 is 5.11 Å². The van der Waals surface area contributed by atoms with Gasteiger partial charge in [0.1, 0.15) is 0 Å². The van der Waals surface area contributed by atoms with Crippen LogP contribution in [0.3, 0.4) is 0 Å². The zero-order valence-corrected chi connectivity index (χ0v) is 13.8. The Bertz CT molecular complexity index is 864. The van der Waals surface area contributed by atoms with Gasteiger partial charge >= 0.3 is 5.97 Å². The third-order valence-corrected chi connectivity index (χ3v) is 5.62. The van der Waals surface area contributed by atoms with Crippen LogP contribution in [0.1, 0.15) is 39.9 Å². The van der Waals surface area contributed by atoms with Crippen LogP contribution in [0.4, 0.5) is 0 Å². The number of benzene rings is 1. The first-order valence-electron chi connectivity index (χ1n) is 7.75. The maximum atomic E-state index is 12.7. The van der Waals surface area contributed by atoms with E-state index in [0.717, 1.165) is 29.5 Å². The lowest BCUT2D eigenvalue weighted by atomic mass is 9.90. The molecule has 1 aliphatic rings. The highest BCUT2D eigenvalue weighted by molar-refractivity contribution is 7.89. The first-order chi connectivity index (χ1) is 11.5. The molecule has 1 heterocycles. The Balaban J connectivity index is 1.97. The number of carboxylic acid groups (broad SMARTS) is 1. The number of nitrogens with one attached hydrogen (secondary N) is 1. The summed E-state index contributed by atoms with van der Waals surface area (Å²) in [5.41, 5.74) is 2.31. The van der Waals surface area contributed by atoms with E-state index in [1.807, 2.05) is 0 Å². The van der Waals surface area contributed by atoms with E-state index in [0.29, 0.717) is 12.8 Å². The lowest BCUT2D eigenvalue weighted by Crippen LogP contribution is -2.26. The summed E-state index contributed by atoms with van der Waals surface area (Å²) in [5, 5.41) is 9.26. The summed E-state index contributed by atoms with van der Waals surface area (Å²) in [6.07, 6.45) is 6.42. The van der Waals surface area contributed by atoms with Gasteiger partial charge in [-0.05, 0) is 60.6 Å². The third-order valence-electron chi connectivity index (χ3n) is 4.15. The van der Waals surface area contributed by atoms with Gasteiger partial charge in [0.2, 0.25) is 10.0 Å². The van der Waals surface area contributed by atoms with E-state index in [4.69, 9.17) is 0 Å². The number of carboxylic acids is 1. The molecule has 1 aromatic carbocycles. The molecule has 0 unspecified atom stereocenters. The van der Waals surface area contributed by atoms with Crippen molar-refractivity contribution >= 4 is 16.0 Å². The van der Waals surface area contributed by atoms with E-state index < -0.39 is 16.0 Å². The van der Waals surface area contributed by atoms with Crippen LogP contribution in [0.2, 0.25) is 0 Å². The van der Waals surface area contributed by atoms with Crippen LogP contribution in [-0.4, -0.2) is 24.5 Å². The lowest BCUT2D eigenvalue weighted by Gasteiger charge is -2.20. The van der Waals surface area contributed by atoms with Crippen LogP contribution >= 0.6 is 0 Å². The number of aromatic nitrogens is 1. The normalized spacial score (nSPS) is 14.2. The zero-order valence-electron chi connectivity index (χ0n) is 13.0. The fourth-order valence-electron chi connectivity index (χ4n) is 2.95. The van der Waals surface area contributed by atoms with Gasteiger partial charge in [-0.1, -0.05) is 6.07 Å². The van der Waals surface area contributed by atoms with Crippen molar-refractivity contribution in [2.45, 2.75) is 37.1 Å². The molecule has 0 aliphatic heterocycles. The minimum absolute atomic E-state index is 0.0115. The van der Waals surface area contributed by atoms with Crippen molar-refractivity contribution in [2.24, 2.45) is 0 Å². The number of aryl methyl sites for hydroxylation is 1. The molecule has 24 heavy (non-hydrogen) atoms. The van der Waals surface area contributed by atoms with Crippen LogP contribution in [0.5, 0.6) is 0 Å². The number of carbonyl (C=O) groups is 1. The van der Waals surface area contributed by atoms with Crippen molar-refractivity contribution in [3.05, 3.63) is 58.9 Å². The van der Waals surface area contributed by atoms with Crippen LogP contribution in [0.25, 0.3) is 0 Å². The number of hydrogen-bond donors (Lipinski definition) is 2. The van der Waals surface area contributed by atoms with Crippen molar-refractivity contribution < 1.29 is 18.3 Å². The van der Waals surface area contributed by atoms with Crippen LogP contribution < -0.4 is 4.72 Å². The number of rotatable bonds is 5. The average Bonchev–Trinajstić information content (AvgIpc) is 2.60. The smallest absolute Gasteiger partial charge is 0.335 e. The molecule has 0 radical (unpaired) electrons. The summed E-state index contributed by atoms with van der Waals surface area (Å²) >= 11 is 0. The average molecular weight is 346 g/mol. The Kier molecular flexibility index (Phi) is 4.64. The number of pyridine rings is 1. The van der Waals surface area contributed by atoms with Crippen molar-refractivity contribution in [3.8, 4) is 0 Å². The molecular weight excluding hydrogens is 328 g/mol. The van der Waals surface area contributed by atoms with Crippen LogP contribution in [0, 0.1) is 0 Å². The van der Waals surface area contributed by atoms with Crippen LogP contribution in [-0.2, 0) is 29.4 Å². The predicted octanol–water partition coefficient (Wildman–Crippen LogP) is 2.14. The van der Waals surface area contributed by atoms with Crippen LogP contribution in [0.15, 0.2) is 41.6 Å². The fraction of sp³-hybridized carbons (Fsp3) is 0.294. The van der Waals surface area contributed by atoms with Gasteiger partial charge in [-0.25, -0.2) is 17.9 Å². The molecule has 6 nitrogen and oxygen atoms in total. The topological polar surface area (TPSA) is 96.4 Å². The highest BCUT2D eigenvalue weighted by Crippen LogP contribution is 2.29. The summed E-state index contributed by atoms with van der Waals surface area (Å²) in [4.78, 5) is 15.4. The molecule has 2 aromatic rings. The lowest BCUT2D eigenvalue weighted by molar-refractivity contribution is 0.0696.